The predicted molar refractivity (Wildman–Crippen MR) is 83.1 cm³/mol. The molecule has 0 atom stereocenters. The number of rotatable bonds is 9. The van der Waals surface area contributed by atoms with Gasteiger partial charge in [-0.1, -0.05) is 60.7 Å². The average molecular weight is 320 g/mol. The zero-order valence-electron chi connectivity index (χ0n) is 12.6. The van der Waals surface area contributed by atoms with Gasteiger partial charge in [-0.05, 0) is 5.56 Å². The largest absolute Gasteiger partial charge is 1.00 e. The van der Waals surface area contributed by atoms with Gasteiger partial charge in [0, 0.05) is 5.56 Å². The van der Waals surface area contributed by atoms with Gasteiger partial charge in [0.15, 0.2) is 5.78 Å². The maximum absolute atomic E-state index is 11.9. The molecule has 0 aliphatic carbocycles. The molecule has 0 radical (unpaired) electrons. The molecular weight excluding hydrogens is 298 g/mol. The maximum atomic E-state index is 11.9. The molecule has 0 fully saturated rings. The van der Waals surface area contributed by atoms with Crippen LogP contribution in [0.15, 0.2) is 60.7 Å². The Kier molecular flexibility index (Phi) is 9.15. The van der Waals surface area contributed by atoms with E-state index in [0.717, 1.165) is 18.7 Å². The zero-order chi connectivity index (χ0) is 14.8. The van der Waals surface area contributed by atoms with Crippen molar-refractivity contribution in [1.82, 2.24) is 0 Å². The van der Waals surface area contributed by atoms with E-state index in [9.17, 15) is 4.79 Å². The zero-order valence-corrected chi connectivity index (χ0v) is 13.3. The molecule has 4 heteroatoms. The first-order valence-corrected chi connectivity index (χ1v) is 7.38. The first-order chi connectivity index (χ1) is 10.4. The van der Waals surface area contributed by atoms with Crippen LogP contribution in [0.5, 0.6) is 0 Å². The number of carbonyl (C=O) groups is 1. The lowest BCUT2D eigenvalue weighted by Gasteiger charge is -2.04. The van der Waals surface area contributed by atoms with E-state index in [2.05, 4.69) is 17.4 Å². The highest BCUT2D eigenvalue weighted by Gasteiger charge is 2.05. The van der Waals surface area contributed by atoms with Gasteiger partial charge >= 0.3 is 0 Å². The fourth-order valence-electron chi connectivity index (χ4n) is 2.08. The molecule has 2 N–H and O–H groups in total. The van der Waals surface area contributed by atoms with Crippen LogP contribution < -0.4 is 17.7 Å². The van der Waals surface area contributed by atoms with Gasteiger partial charge in [0.05, 0.1) is 32.7 Å². The first-order valence-electron chi connectivity index (χ1n) is 7.38. The van der Waals surface area contributed by atoms with Gasteiger partial charge in [-0.15, -0.1) is 0 Å². The van der Waals surface area contributed by atoms with Crippen molar-refractivity contribution in [3.63, 3.8) is 0 Å². The minimum Gasteiger partial charge on any atom is -1.00 e. The highest BCUT2D eigenvalue weighted by molar-refractivity contribution is 5.95. The Labute approximate surface area is 138 Å². The van der Waals surface area contributed by atoms with Gasteiger partial charge in [0.2, 0.25) is 0 Å². The van der Waals surface area contributed by atoms with Crippen molar-refractivity contribution in [2.75, 3.05) is 19.7 Å². The summed E-state index contributed by atoms with van der Waals surface area (Å²) in [6.45, 7) is 3.05. The summed E-state index contributed by atoms with van der Waals surface area (Å²) in [5.74, 6) is 0.206. The van der Waals surface area contributed by atoms with E-state index < -0.39 is 0 Å². The summed E-state index contributed by atoms with van der Waals surface area (Å²) in [5.41, 5.74) is 1.99. The number of quaternary nitrogens is 1. The van der Waals surface area contributed by atoms with Crippen molar-refractivity contribution in [3.8, 4) is 0 Å². The fraction of sp³-hybridized carbons (Fsp3) is 0.278. The van der Waals surface area contributed by atoms with Crippen LogP contribution in [0, 0.1) is 0 Å². The lowest BCUT2D eigenvalue weighted by atomic mass is 10.1. The average Bonchev–Trinajstić information content (AvgIpc) is 2.55. The molecular formula is C18H22ClNO2. The van der Waals surface area contributed by atoms with E-state index >= 15 is 0 Å². The monoisotopic (exact) mass is 319 g/mol. The Balaban J connectivity index is 0.00000242. The van der Waals surface area contributed by atoms with Crippen LogP contribution >= 0.6 is 0 Å². The van der Waals surface area contributed by atoms with Crippen molar-refractivity contribution in [2.24, 2.45) is 0 Å². The number of carbonyl (C=O) groups excluding carboxylic acids is 1. The fourth-order valence-corrected chi connectivity index (χ4v) is 2.08. The van der Waals surface area contributed by atoms with Crippen molar-refractivity contribution in [2.45, 2.75) is 13.0 Å². The summed E-state index contributed by atoms with van der Waals surface area (Å²) in [6.07, 6.45) is 0.572. The Hall–Kier alpha value is -1.68. The number of Topliss-reactive ketones (excluding diaryl/α,β-unsaturated/α-hetero) is 1. The van der Waals surface area contributed by atoms with Gasteiger partial charge in [-0.2, -0.15) is 0 Å². The summed E-state index contributed by atoms with van der Waals surface area (Å²) < 4.78 is 5.60. The molecule has 0 spiro atoms. The maximum Gasteiger partial charge on any atom is 0.168 e. The Bertz CT molecular complexity index is 531. The first kappa shape index (κ1) is 18.4. The van der Waals surface area contributed by atoms with E-state index in [-0.39, 0.29) is 18.2 Å². The SMILES string of the molecule is O=C(CC[NH2+]CCOCc1ccccc1)c1ccccc1.[Cl-]. The normalized spacial score (nSPS) is 10.0. The molecule has 0 aliphatic rings. The number of ether oxygens (including phenoxy) is 1. The van der Waals surface area contributed by atoms with Gasteiger partial charge in [0.1, 0.15) is 0 Å². The molecule has 0 bridgehead atoms. The van der Waals surface area contributed by atoms with Gasteiger partial charge < -0.3 is 22.5 Å². The summed E-state index contributed by atoms with van der Waals surface area (Å²) in [7, 11) is 0. The molecule has 22 heavy (non-hydrogen) atoms. The number of benzene rings is 2. The standard InChI is InChI=1S/C18H21NO2.ClH/c20-18(17-9-5-2-6-10-17)11-12-19-13-14-21-15-16-7-3-1-4-8-16;/h1-10,19H,11-15H2;1H. The van der Waals surface area contributed by atoms with Crippen molar-refractivity contribution in [3.05, 3.63) is 71.8 Å². The lowest BCUT2D eigenvalue weighted by Crippen LogP contribution is -3.00. The smallest absolute Gasteiger partial charge is 0.168 e. The Morgan fingerprint density at radius 1 is 0.909 bits per heavy atom. The third kappa shape index (κ3) is 6.85. The molecule has 0 saturated carbocycles. The van der Waals surface area contributed by atoms with Gasteiger partial charge in [0.25, 0.3) is 0 Å². The molecule has 2 rings (SSSR count). The van der Waals surface area contributed by atoms with Crippen LogP contribution in [0.4, 0.5) is 0 Å². The number of hydrogen-bond donors (Lipinski definition) is 1. The number of halogens is 1. The third-order valence-electron chi connectivity index (χ3n) is 3.25. The Morgan fingerprint density at radius 2 is 1.55 bits per heavy atom. The molecule has 0 amide bonds. The molecule has 118 valence electrons. The second kappa shape index (κ2) is 11.0. The minimum atomic E-state index is 0. The minimum absolute atomic E-state index is 0. The Morgan fingerprint density at radius 3 is 2.23 bits per heavy atom. The second-order valence-electron chi connectivity index (χ2n) is 4.94. The molecule has 2 aromatic rings. The number of hydrogen-bond acceptors (Lipinski definition) is 2. The molecule has 0 aliphatic heterocycles. The van der Waals surface area contributed by atoms with Crippen LogP contribution in [-0.2, 0) is 11.3 Å². The van der Waals surface area contributed by atoms with Crippen LogP contribution in [0.2, 0.25) is 0 Å². The van der Waals surface area contributed by atoms with Crippen molar-refractivity contribution >= 4 is 5.78 Å². The predicted octanol–water partition coefficient (Wildman–Crippen LogP) is -0.956. The summed E-state index contributed by atoms with van der Waals surface area (Å²) in [5, 5.41) is 2.13. The number of nitrogens with two attached hydrogens (primary N) is 1. The topological polar surface area (TPSA) is 42.9 Å². The summed E-state index contributed by atoms with van der Waals surface area (Å²) in [6, 6.07) is 19.6. The van der Waals surface area contributed by atoms with E-state index in [1.807, 2.05) is 48.5 Å². The number of ketones is 1. The molecule has 2 aromatic carbocycles. The van der Waals surface area contributed by atoms with Crippen molar-refractivity contribution < 1.29 is 27.3 Å². The van der Waals surface area contributed by atoms with Crippen LogP contribution in [-0.4, -0.2) is 25.5 Å². The van der Waals surface area contributed by atoms with E-state index in [1.54, 1.807) is 0 Å². The van der Waals surface area contributed by atoms with Crippen molar-refractivity contribution in [1.29, 1.82) is 0 Å². The highest BCUT2D eigenvalue weighted by atomic mass is 35.5. The molecule has 0 saturated heterocycles. The van der Waals surface area contributed by atoms with Gasteiger partial charge in [-0.3, -0.25) is 4.79 Å². The molecule has 3 nitrogen and oxygen atoms in total. The van der Waals surface area contributed by atoms with E-state index in [1.165, 1.54) is 5.56 Å². The van der Waals surface area contributed by atoms with Gasteiger partial charge in [-0.25, -0.2) is 0 Å². The van der Waals surface area contributed by atoms with E-state index in [0.29, 0.717) is 19.6 Å². The summed E-state index contributed by atoms with van der Waals surface area (Å²) >= 11 is 0. The third-order valence-corrected chi connectivity index (χ3v) is 3.25. The second-order valence-corrected chi connectivity index (χ2v) is 4.94. The molecule has 0 heterocycles. The van der Waals surface area contributed by atoms with Crippen LogP contribution in [0.1, 0.15) is 22.3 Å². The lowest BCUT2D eigenvalue weighted by molar-refractivity contribution is -0.655. The van der Waals surface area contributed by atoms with Crippen LogP contribution in [0.3, 0.4) is 0 Å². The highest BCUT2D eigenvalue weighted by Crippen LogP contribution is 2.01. The molecule has 0 unspecified atom stereocenters. The summed E-state index contributed by atoms with van der Waals surface area (Å²) in [4.78, 5) is 11.9. The quantitative estimate of drug-likeness (QED) is 0.478. The molecule has 0 aromatic heterocycles. The van der Waals surface area contributed by atoms with E-state index in [4.69, 9.17) is 4.74 Å². The van der Waals surface area contributed by atoms with Crippen LogP contribution in [0.25, 0.3) is 0 Å².